The van der Waals surface area contributed by atoms with Gasteiger partial charge in [-0.15, -0.1) is 0 Å². The summed E-state index contributed by atoms with van der Waals surface area (Å²) in [6.45, 7) is 11.9. The molecule has 0 aliphatic heterocycles. The van der Waals surface area contributed by atoms with E-state index in [4.69, 9.17) is 9.47 Å². The van der Waals surface area contributed by atoms with Crippen LogP contribution in [0.15, 0.2) is 0 Å². The Morgan fingerprint density at radius 1 is 1.08 bits per heavy atom. The van der Waals surface area contributed by atoms with E-state index in [1.807, 2.05) is 0 Å². The molecule has 1 unspecified atom stereocenters. The van der Waals surface area contributed by atoms with E-state index in [1.54, 1.807) is 48.5 Å². The molecule has 0 aromatic heterocycles. The monoisotopic (exact) mass is 375 g/mol. The lowest BCUT2D eigenvalue weighted by Gasteiger charge is -2.32. The van der Waals surface area contributed by atoms with E-state index in [2.05, 4.69) is 5.32 Å². The highest BCUT2D eigenvalue weighted by atomic mass is 32.2. The van der Waals surface area contributed by atoms with Crippen LogP contribution in [0.2, 0.25) is 0 Å². The molecule has 0 bridgehead atoms. The van der Waals surface area contributed by atoms with Crippen LogP contribution in [0.5, 0.6) is 0 Å². The molecule has 0 aliphatic carbocycles. The van der Waals surface area contributed by atoms with Gasteiger partial charge in [0.15, 0.2) is 0 Å². The first-order valence-electron chi connectivity index (χ1n) is 8.29. The first-order valence-corrected chi connectivity index (χ1v) is 9.10. The van der Waals surface area contributed by atoms with E-state index in [0.29, 0.717) is 0 Å². The molecule has 0 fully saturated rings. The SMILES string of the molecule is CCOC(=O)C(NC(=O)C(C)C)C(C)(C)SC(=O)CC(=O)OC(C)C. The fourth-order valence-electron chi connectivity index (χ4n) is 1.86. The lowest BCUT2D eigenvalue weighted by Crippen LogP contribution is -2.54. The minimum Gasteiger partial charge on any atom is -0.464 e. The number of carbonyl (C=O) groups is 4. The highest BCUT2D eigenvalue weighted by molar-refractivity contribution is 8.14. The summed E-state index contributed by atoms with van der Waals surface area (Å²) in [4.78, 5) is 48.0. The van der Waals surface area contributed by atoms with Gasteiger partial charge in [-0.3, -0.25) is 14.4 Å². The molecule has 1 amide bonds. The molecule has 1 atom stereocenters. The quantitative estimate of drug-likeness (QED) is 0.486. The van der Waals surface area contributed by atoms with Crippen LogP contribution in [-0.4, -0.2) is 46.5 Å². The Labute approximate surface area is 153 Å². The summed E-state index contributed by atoms with van der Waals surface area (Å²) in [6.07, 6.45) is -0.712. The predicted octanol–water partition coefficient (Wildman–Crippen LogP) is 2.07. The highest BCUT2D eigenvalue weighted by Crippen LogP contribution is 2.31. The van der Waals surface area contributed by atoms with Gasteiger partial charge in [-0.05, 0) is 34.6 Å². The van der Waals surface area contributed by atoms with Gasteiger partial charge < -0.3 is 14.8 Å². The molecular weight excluding hydrogens is 346 g/mol. The molecule has 144 valence electrons. The maximum Gasteiger partial charge on any atom is 0.330 e. The van der Waals surface area contributed by atoms with Crippen LogP contribution >= 0.6 is 11.8 Å². The third-order valence-corrected chi connectivity index (χ3v) is 4.19. The van der Waals surface area contributed by atoms with Crippen LogP contribution in [0.4, 0.5) is 0 Å². The predicted molar refractivity (Wildman–Crippen MR) is 95.9 cm³/mol. The van der Waals surface area contributed by atoms with Crippen LogP contribution in [-0.2, 0) is 28.7 Å². The summed E-state index contributed by atoms with van der Waals surface area (Å²) >= 11 is 0.818. The van der Waals surface area contributed by atoms with Crippen LogP contribution < -0.4 is 5.32 Å². The minimum atomic E-state index is -1.02. The Balaban J connectivity index is 5.12. The molecule has 0 aromatic carbocycles. The van der Waals surface area contributed by atoms with Crippen molar-refractivity contribution in [3.63, 3.8) is 0 Å². The van der Waals surface area contributed by atoms with Crippen molar-refractivity contribution in [2.45, 2.75) is 71.8 Å². The van der Waals surface area contributed by atoms with Crippen LogP contribution in [0, 0.1) is 5.92 Å². The Bertz CT molecular complexity index is 501. The van der Waals surface area contributed by atoms with Crippen molar-refractivity contribution >= 4 is 34.7 Å². The number of rotatable bonds is 9. The lowest BCUT2D eigenvalue weighted by atomic mass is 10.0. The zero-order chi connectivity index (χ0) is 19.8. The zero-order valence-electron chi connectivity index (χ0n) is 16.0. The van der Waals surface area contributed by atoms with E-state index in [9.17, 15) is 19.2 Å². The fourth-order valence-corrected chi connectivity index (χ4v) is 2.91. The summed E-state index contributed by atoms with van der Waals surface area (Å²) in [6, 6.07) is -1.02. The van der Waals surface area contributed by atoms with Crippen molar-refractivity contribution in [2.75, 3.05) is 6.61 Å². The molecule has 8 heteroatoms. The average molecular weight is 375 g/mol. The molecule has 1 N–H and O–H groups in total. The number of carbonyl (C=O) groups excluding carboxylic acids is 4. The molecule has 0 heterocycles. The van der Waals surface area contributed by atoms with E-state index in [1.165, 1.54) is 0 Å². The lowest BCUT2D eigenvalue weighted by molar-refractivity contribution is -0.148. The van der Waals surface area contributed by atoms with E-state index < -0.39 is 34.3 Å². The molecule has 0 aliphatic rings. The van der Waals surface area contributed by atoms with Crippen molar-refractivity contribution in [1.82, 2.24) is 5.32 Å². The third-order valence-electron chi connectivity index (χ3n) is 3.06. The van der Waals surface area contributed by atoms with Crippen LogP contribution in [0.1, 0.15) is 54.9 Å². The fraction of sp³-hybridized carbons (Fsp3) is 0.765. The van der Waals surface area contributed by atoms with Crippen molar-refractivity contribution in [1.29, 1.82) is 0 Å². The zero-order valence-corrected chi connectivity index (χ0v) is 16.8. The average Bonchev–Trinajstić information content (AvgIpc) is 2.42. The molecule has 0 radical (unpaired) electrons. The normalized spacial score (nSPS) is 12.7. The van der Waals surface area contributed by atoms with E-state index in [-0.39, 0.29) is 24.5 Å². The number of amides is 1. The molecule has 0 aromatic rings. The molecule has 0 saturated carbocycles. The molecule has 0 spiro atoms. The molecule has 0 saturated heterocycles. The summed E-state index contributed by atoms with van der Waals surface area (Å²) < 4.78 is 8.97. The van der Waals surface area contributed by atoms with Crippen LogP contribution in [0.25, 0.3) is 0 Å². The Kier molecular flexibility index (Phi) is 9.77. The van der Waals surface area contributed by atoms with Crippen LogP contribution in [0.3, 0.4) is 0 Å². The number of nitrogens with one attached hydrogen (secondary N) is 1. The van der Waals surface area contributed by atoms with Gasteiger partial charge in [0.05, 0.1) is 12.7 Å². The molecule has 25 heavy (non-hydrogen) atoms. The largest absolute Gasteiger partial charge is 0.464 e. The second kappa shape index (κ2) is 10.4. The minimum absolute atomic E-state index is 0.155. The first kappa shape index (κ1) is 23.4. The van der Waals surface area contributed by atoms with Crippen molar-refractivity contribution in [2.24, 2.45) is 5.92 Å². The smallest absolute Gasteiger partial charge is 0.330 e. The highest BCUT2D eigenvalue weighted by Gasteiger charge is 2.40. The Morgan fingerprint density at radius 3 is 2.08 bits per heavy atom. The molecule has 7 nitrogen and oxygen atoms in total. The maximum atomic E-state index is 12.2. The number of hydrogen-bond acceptors (Lipinski definition) is 7. The van der Waals surface area contributed by atoms with Gasteiger partial charge in [0, 0.05) is 10.7 Å². The maximum absolute atomic E-state index is 12.2. The van der Waals surface area contributed by atoms with Gasteiger partial charge in [-0.1, -0.05) is 25.6 Å². The summed E-state index contributed by atoms with van der Waals surface area (Å²) in [7, 11) is 0. The number of thioether (sulfide) groups is 1. The second-order valence-electron chi connectivity index (χ2n) is 6.64. The number of esters is 2. The molecular formula is C17H29NO6S. The summed E-state index contributed by atoms with van der Waals surface area (Å²) in [5, 5.41) is 2.19. The number of hydrogen-bond donors (Lipinski definition) is 1. The van der Waals surface area contributed by atoms with E-state index in [0.717, 1.165) is 11.8 Å². The Morgan fingerprint density at radius 2 is 1.64 bits per heavy atom. The first-order chi connectivity index (χ1) is 11.4. The third kappa shape index (κ3) is 8.90. The molecule has 0 rings (SSSR count). The number of ether oxygens (including phenoxy) is 2. The van der Waals surface area contributed by atoms with Gasteiger partial charge in [0.2, 0.25) is 11.0 Å². The van der Waals surface area contributed by atoms with Gasteiger partial charge >= 0.3 is 11.9 Å². The van der Waals surface area contributed by atoms with Gasteiger partial charge in [0.25, 0.3) is 0 Å². The van der Waals surface area contributed by atoms with Gasteiger partial charge in [-0.2, -0.15) is 0 Å². The standard InChI is InChI=1S/C17H29NO6S/c1-8-23-16(22)14(18-15(21)10(2)3)17(6,7)25-13(20)9-12(19)24-11(4)5/h10-11,14H,8-9H2,1-7H3,(H,18,21). The summed E-state index contributed by atoms with van der Waals surface area (Å²) in [5.74, 6) is -1.89. The topological polar surface area (TPSA) is 98.8 Å². The van der Waals surface area contributed by atoms with Gasteiger partial charge in [-0.25, -0.2) is 4.79 Å². The Hall–Kier alpha value is -1.57. The van der Waals surface area contributed by atoms with E-state index >= 15 is 0 Å². The second-order valence-corrected chi connectivity index (χ2v) is 8.35. The van der Waals surface area contributed by atoms with Crippen molar-refractivity contribution in [3.8, 4) is 0 Å². The van der Waals surface area contributed by atoms with Crippen molar-refractivity contribution < 1.29 is 28.7 Å². The van der Waals surface area contributed by atoms with Gasteiger partial charge in [0.1, 0.15) is 12.5 Å². The van der Waals surface area contributed by atoms with Crippen molar-refractivity contribution in [3.05, 3.63) is 0 Å². The summed E-state index contributed by atoms with van der Waals surface area (Å²) in [5.41, 5.74) is 0.